The van der Waals surface area contributed by atoms with Gasteiger partial charge in [0.25, 0.3) is 5.91 Å². The van der Waals surface area contributed by atoms with Crippen molar-refractivity contribution in [2.45, 2.75) is 56.9 Å². The summed E-state index contributed by atoms with van der Waals surface area (Å²) in [7, 11) is 0. The van der Waals surface area contributed by atoms with Crippen LogP contribution in [0.25, 0.3) is 0 Å². The Morgan fingerprint density at radius 3 is 2.43 bits per heavy atom. The quantitative estimate of drug-likeness (QED) is 0.379. The van der Waals surface area contributed by atoms with E-state index in [0.29, 0.717) is 11.3 Å². The molecule has 2 fully saturated rings. The van der Waals surface area contributed by atoms with Crippen LogP contribution in [-0.4, -0.2) is 78.4 Å². The number of aliphatic hydroxyl groups is 1. The zero-order valence-corrected chi connectivity index (χ0v) is 25.4. The Morgan fingerprint density at radius 2 is 1.73 bits per heavy atom. The Morgan fingerprint density at radius 1 is 0.977 bits per heavy atom. The van der Waals surface area contributed by atoms with Crippen molar-refractivity contribution in [2.24, 2.45) is 11.8 Å². The van der Waals surface area contributed by atoms with Gasteiger partial charge in [0.1, 0.15) is 17.6 Å². The highest BCUT2D eigenvalue weighted by atomic mass is 16.6. The lowest BCUT2D eigenvalue weighted by Crippen LogP contribution is -2.56. The number of cyclic esters (lactones) is 1. The van der Waals surface area contributed by atoms with Crippen LogP contribution in [0, 0.1) is 11.8 Å². The molecule has 0 radical (unpaired) electrons. The minimum Gasteiger partial charge on any atom is -0.465 e. The van der Waals surface area contributed by atoms with Crippen molar-refractivity contribution in [3.05, 3.63) is 84.5 Å². The third-order valence-corrected chi connectivity index (χ3v) is 9.52. The summed E-state index contributed by atoms with van der Waals surface area (Å²) in [6.45, 7) is 6.07. The number of aliphatic hydroxyl groups excluding tert-OH is 1. The summed E-state index contributed by atoms with van der Waals surface area (Å²) in [6, 6.07) is 15.1. The zero-order valence-electron chi connectivity index (χ0n) is 25.4. The van der Waals surface area contributed by atoms with E-state index in [-0.39, 0.29) is 19.1 Å². The monoisotopic (exact) mass is 599 g/mol. The number of hydrogen-bond donors (Lipinski definition) is 1. The maximum absolute atomic E-state index is 14.8. The number of nitrogens with zero attached hydrogens (tertiary/aromatic N) is 3. The molecule has 1 spiro atoms. The standard InChI is InChI=1S/C35H41N3O6/c1-3-36(4-2)25-16-18-26(19-17-25)37-21-12-20-35-30(29-28(44-35)15-10-5-6-11-22-43-34(29)42)32(40)38(31(35)33(37)41)27(23-39)24-13-8-7-9-14-24/h7-10,12-20,27-31,39H,3-6,11,21-23H2,1-2H3/b15-10-/t27-,28-,29+,30+,31?,35+/m1/s1. The van der Waals surface area contributed by atoms with Crippen molar-refractivity contribution in [3.63, 3.8) is 0 Å². The summed E-state index contributed by atoms with van der Waals surface area (Å²) in [4.78, 5) is 48.4. The van der Waals surface area contributed by atoms with E-state index < -0.39 is 54.1 Å². The number of benzene rings is 2. The number of allylic oxidation sites excluding steroid dienone is 1. The number of carbonyl (C=O) groups is 3. The largest absolute Gasteiger partial charge is 0.465 e. The SMILES string of the molecule is CCN(CC)c1ccc(N2CC=C[C@]34O[C@@H]5/C=C\CCCCOC(=O)[C@@H]5[C@H]3C(=O)N([C@H](CO)c3ccccc3)C4C2=O)cc1. The molecule has 4 heterocycles. The van der Waals surface area contributed by atoms with Gasteiger partial charge in [0, 0.05) is 31.0 Å². The first-order valence-electron chi connectivity index (χ1n) is 15.8. The Labute approximate surface area is 258 Å². The third kappa shape index (κ3) is 5.02. The summed E-state index contributed by atoms with van der Waals surface area (Å²) in [5, 5.41) is 10.7. The second-order valence-electron chi connectivity index (χ2n) is 11.8. The Hall–Kier alpha value is -3.95. The minimum absolute atomic E-state index is 0.268. The zero-order chi connectivity index (χ0) is 30.8. The van der Waals surface area contributed by atoms with Gasteiger partial charge in [-0.15, -0.1) is 0 Å². The Bertz CT molecular complexity index is 1420. The van der Waals surface area contributed by atoms with Crippen LogP contribution in [0.1, 0.15) is 44.7 Å². The van der Waals surface area contributed by atoms with E-state index in [1.807, 2.05) is 78.9 Å². The van der Waals surface area contributed by atoms with Gasteiger partial charge in [-0.1, -0.05) is 54.6 Å². The molecule has 9 heteroatoms. The molecule has 0 saturated carbocycles. The minimum atomic E-state index is -1.42. The van der Waals surface area contributed by atoms with Crippen LogP contribution in [0.2, 0.25) is 0 Å². The average molecular weight is 600 g/mol. The van der Waals surface area contributed by atoms with Crippen molar-refractivity contribution in [1.82, 2.24) is 4.90 Å². The number of rotatable bonds is 7. The van der Waals surface area contributed by atoms with Crippen LogP contribution in [0.4, 0.5) is 11.4 Å². The second kappa shape index (κ2) is 12.6. The smallest absolute Gasteiger partial charge is 0.312 e. The Balaban J connectivity index is 1.46. The first-order chi connectivity index (χ1) is 21.4. The molecule has 2 aromatic rings. The topological polar surface area (TPSA) is 99.6 Å². The van der Waals surface area contributed by atoms with Gasteiger partial charge in [-0.3, -0.25) is 14.4 Å². The Kier molecular flexibility index (Phi) is 8.60. The molecule has 6 atom stereocenters. The number of hydrogen-bond acceptors (Lipinski definition) is 7. The molecule has 0 aromatic heterocycles. The van der Waals surface area contributed by atoms with Crippen molar-refractivity contribution in [2.75, 3.05) is 42.6 Å². The van der Waals surface area contributed by atoms with Crippen molar-refractivity contribution in [1.29, 1.82) is 0 Å². The van der Waals surface area contributed by atoms with Gasteiger partial charge in [-0.25, -0.2) is 0 Å². The molecule has 2 aromatic carbocycles. The van der Waals surface area contributed by atoms with E-state index in [4.69, 9.17) is 9.47 Å². The van der Waals surface area contributed by atoms with E-state index in [0.717, 1.165) is 38.0 Å². The molecule has 44 heavy (non-hydrogen) atoms. The lowest BCUT2D eigenvalue weighted by molar-refractivity contribution is -0.155. The normalized spacial score (nSPS) is 29.8. The average Bonchev–Trinajstić information content (AvgIpc) is 3.43. The molecule has 1 N–H and O–H groups in total. The second-order valence-corrected chi connectivity index (χ2v) is 11.8. The van der Waals surface area contributed by atoms with E-state index in [1.165, 1.54) is 4.90 Å². The molecule has 0 aliphatic carbocycles. The fourth-order valence-corrected chi connectivity index (χ4v) is 7.39. The lowest BCUT2D eigenvalue weighted by Gasteiger charge is -2.38. The fraction of sp³-hybridized carbons (Fsp3) is 0.457. The highest BCUT2D eigenvalue weighted by Gasteiger charge is 2.72. The van der Waals surface area contributed by atoms with Crippen LogP contribution in [0.3, 0.4) is 0 Å². The summed E-state index contributed by atoms with van der Waals surface area (Å²) >= 11 is 0. The third-order valence-electron chi connectivity index (χ3n) is 9.52. The molecule has 6 rings (SSSR count). The van der Waals surface area contributed by atoms with Crippen LogP contribution in [0.15, 0.2) is 78.9 Å². The summed E-state index contributed by atoms with van der Waals surface area (Å²) in [5.41, 5.74) is 1.03. The predicted octanol–water partition coefficient (Wildman–Crippen LogP) is 4.03. The molecule has 232 valence electrons. The summed E-state index contributed by atoms with van der Waals surface area (Å²) in [5.74, 6) is -3.12. The number of ether oxygens (including phenoxy) is 2. The predicted molar refractivity (Wildman–Crippen MR) is 167 cm³/mol. The molecule has 4 aliphatic heterocycles. The van der Waals surface area contributed by atoms with Crippen LogP contribution in [0.5, 0.6) is 0 Å². The molecule has 2 amide bonds. The molecule has 9 nitrogen and oxygen atoms in total. The molecule has 0 bridgehead atoms. The number of fused-ring (bicyclic) bond motifs is 2. The highest BCUT2D eigenvalue weighted by molar-refractivity contribution is 6.05. The number of carbonyl (C=O) groups excluding carboxylic acids is 3. The molecular weight excluding hydrogens is 558 g/mol. The summed E-state index contributed by atoms with van der Waals surface area (Å²) in [6.07, 6.45) is 9.22. The van der Waals surface area contributed by atoms with E-state index in [1.54, 1.807) is 4.90 Å². The fourth-order valence-electron chi connectivity index (χ4n) is 7.39. The first-order valence-corrected chi connectivity index (χ1v) is 15.8. The van der Waals surface area contributed by atoms with Gasteiger partial charge in [0.05, 0.1) is 31.3 Å². The van der Waals surface area contributed by atoms with E-state index in [2.05, 4.69) is 18.7 Å². The number of esters is 1. The van der Waals surface area contributed by atoms with E-state index in [9.17, 15) is 19.5 Å². The molecular formula is C35H41N3O6. The van der Waals surface area contributed by atoms with E-state index >= 15 is 0 Å². The van der Waals surface area contributed by atoms with Crippen molar-refractivity contribution in [3.8, 4) is 0 Å². The first kappa shape index (κ1) is 30.1. The highest BCUT2D eigenvalue weighted by Crippen LogP contribution is 2.55. The maximum atomic E-state index is 14.8. The molecule has 4 aliphatic rings. The molecule has 2 saturated heterocycles. The maximum Gasteiger partial charge on any atom is 0.312 e. The van der Waals surface area contributed by atoms with Gasteiger partial charge < -0.3 is 29.3 Å². The van der Waals surface area contributed by atoms with Gasteiger partial charge in [0.2, 0.25) is 5.91 Å². The van der Waals surface area contributed by atoms with Gasteiger partial charge in [-0.05, 0) is 62.9 Å². The van der Waals surface area contributed by atoms with Gasteiger partial charge in [0.15, 0.2) is 0 Å². The lowest BCUT2D eigenvalue weighted by atomic mass is 9.78. The summed E-state index contributed by atoms with van der Waals surface area (Å²) < 4.78 is 12.4. The number of likely N-dealkylation sites (tertiary alicyclic amines) is 1. The van der Waals surface area contributed by atoms with Crippen LogP contribution >= 0.6 is 0 Å². The number of amides is 2. The molecule has 1 unspecified atom stereocenters. The van der Waals surface area contributed by atoms with Crippen LogP contribution in [-0.2, 0) is 23.9 Å². The number of anilines is 2. The van der Waals surface area contributed by atoms with Crippen molar-refractivity contribution >= 4 is 29.2 Å². The van der Waals surface area contributed by atoms with Gasteiger partial charge in [-0.2, -0.15) is 0 Å². The van der Waals surface area contributed by atoms with Crippen molar-refractivity contribution < 1.29 is 29.0 Å². The van der Waals surface area contributed by atoms with Crippen LogP contribution < -0.4 is 9.80 Å². The van der Waals surface area contributed by atoms with Gasteiger partial charge >= 0.3 is 5.97 Å².